The quantitative estimate of drug-likeness (QED) is 0.323. The standard InChI is InChI=1S/C27H32ClN7O3/c1-15-7-9-16(10-8-15)14-35-21-20(18-11-19(28)13-29-12-18)30-24(26-33-34-27(36)38-26)31-23(21)32-25(35)22(37-2)17-5-3-4-6-17/h11-13,15-17,22H,3-10,14H2,1-2H3,(H,34,36)/t15-,16-,22?. The number of hydrogen-bond donors (Lipinski definition) is 1. The second-order valence-electron chi connectivity index (χ2n) is 10.8. The minimum Gasteiger partial charge on any atom is -0.384 e. The third kappa shape index (κ3) is 4.87. The normalized spacial score (nSPS) is 21.3. The number of imidazole rings is 1. The van der Waals surface area contributed by atoms with Crippen LogP contribution in [-0.2, 0) is 11.3 Å². The summed E-state index contributed by atoms with van der Waals surface area (Å²) >= 11 is 6.35. The highest BCUT2D eigenvalue weighted by molar-refractivity contribution is 6.30. The van der Waals surface area contributed by atoms with Crippen LogP contribution in [0.2, 0.25) is 5.02 Å². The molecule has 10 nitrogen and oxygen atoms in total. The summed E-state index contributed by atoms with van der Waals surface area (Å²) in [7, 11) is 1.77. The number of fused-ring (bicyclic) bond motifs is 1. The van der Waals surface area contributed by atoms with Gasteiger partial charge in [-0.3, -0.25) is 4.98 Å². The Morgan fingerprint density at radius 3 is 2.61 bits per heavy atom. The van der Waals surface area contributed by atoms with Gasteiger partial charge in [-0.2, -0.15) is 0 Å². The second kappa shape index (κ2) is 10.6. The van der Waals surface area contributed by atoms with E-state index in [9.17, 15) is 4.79 Å². The van der Waals surface area contributed by atoms with Gasteiger partial charge in [-0.25, -0.2) is 24.8 Å². The number of nitrogens with zero attached hydrogens (tertiary/aromatic N) is 6. The van der Waals surface area contributed by atoms with E-state index in [0.717, 1.165) is 42.2 Å². The average molecular weight is 538 g/mol. The molecule has 4 heterocycles. The van der Waals surface area contributed by atoms with Crippen molar-refractivity contribution in [3.8, 4) is 23.0 Å². The highest BCUT2D eigenvalue weighted by atomic mass is 35.5. The number of ether oxygens (including phenoxy) is 1. The van der Waals surface area contributed by atoms with Crippen LogP contribution in [0.25, 0.3) is 34.1 Å². The zero-order chi connectivity index (χ0) is 26.2. The Morgan fingerprint density at radius 2 is 1.92 bits per heavy atom. The van der Waals surface area contributed by atoms with Gasteiger partial charge in [-0.1, -0.05) is 44.2 Å². The van der Waals surface area contributed by atoms with E-state index >= 15 is 0 Å². The van der Waals surface area contributed by atoms with Gasteiger partial charge in [0.2, 0.25) is 5.82 Å². The predicted molar refractivity (Wildman–Crippen MR) is 143 cm³/mol. The van der Waals surface area contributed by atoms with Crippen LogP contribution < -0.4 is 5.76 Å². The monoisotopic (exact) mass is 537 g/mol. The highest BCUT2D eigenvalue weighted by Gasteiger charge is 2.33. The molecular formula is C27H32ClN7O3. The second-order valence-corrected chi connectivity index (χ2v) is 11.2. The molecule has 4 aromatic heterocycles. The van der Waals surface area contributed by atoms with Crippen molar-refractivity contribution in [2.24, 2.45) is 17.8 Å². The van der Waals surface area contributed by atoms with E-state index in [1.165, 1.54) is 38.5 Å². The van der Waals surface area contributed by atoms with E-state index in [4.69, 9.17) is 35.7 Å². The van der Waals surface area contributed by atoms with Crippen LogP contribution in [0.4, 0.5) is 0 Å². The van der Waals surface area contributed by atoms with E-state index in [1.807, 2.05) is 6.07 Å². The van der Waals surface area contributed by atoms with Crippen molar-refractivity contribution in [2.45, 2.75) is 70.9 Å². The molecule has 0 aromatic carbocycles. The van der Waals surface area contributed by atoms with Gasteiger partial charge in [0.15, 0.2) is 5.65 Å². The molecule has 38 heavy (non-hydrogen) atoms. The Balaban J connectivity index is 1.58. The molecule has 2 saturated carbocycles. The van der Waals surface area contributed by atoms with Crippen LogP contribution in [0.1, 0.15) is 70.2 Å². The lowest BCUT2D eigenvalue weighted by Crippen LogP contribution is -2.22. The van der Waals surface area contributed by atoms with Crippen molar-refractivity contribution in [3.63, 3.8) is 0 Å². The lowest BCUT2D eigenvalue weighted by atomic mass is 9.83. The lowest BCUT2D eigenvalue weighted by Gasteiger charge is -2.29. The van der Waals surface area contributed by atoms with Gasteiger partial charge in [0.05, 0.1) is 5.02 Å². The number of methoxy groups -OCH3 is 1. The molecule has 0 aliphatic heterocycles. The number of hydrogen-bond acceptors (Lipinski definition) is 8. The van der Waals surface area contributed by atoms with E-state index in [-0.39, 0.29) is 17.8 Å². The molecule has 200 valence electrons. The zero-order valence-corrected chi connectivity index (χ0v) is 22.4. The number of halogens is 1. The van der Waals surface area contributed by atoms with Crippen molar-refractivity contribution < 1.29 is 9.15 Å². The van der Waals surface area contributed by atoms with Gasteiger partial charge in [0, 0.05) is 31.6 Å². The van der Waals surface area contributed by atoms with Gasteiger partial charge < -0.3 is 13.7 Å². The first kappa shape index (κ1) is 25.2. The maximum atomic E-state index is 11.7. The summed E-state index contributed by atoms with van der Waals surface area (Å²) in [6.45, 7) is 3.15. The first-order chi connectivity index (χ1) is 18.5. The molecule has 0 radical (unpaired) electrons. The van der Waals surface area contributed by atoms with Crippen LogP contribution in [0.15, 0.2) is 27.7 Å². The molecule has 2 aliphatic rings. The summed E-state index contributed by atoms with van der Waals surface area (Å²) in [5.74, 6) is 2.06. The van der Waals surface area contributed by atoms with Crippen molar-refractivity contribution in [1.82, 2.24) is 34.7 Å². The maximum absolute atomic E-state index is 11.7. The Hall–Kier alpha value is -3.11. The van der Waals surface area contributed by atoms with Gasteiger partial charge >= 0.3 is 5.76 Å². The van der Waals surface area contributed by atoms with Gasteiger partial charge in [0.25, 0.3) is 5.89 Å². The fraction of sp³-hybridized carbons (Fsp3) is 0.556. The molecule has 0 amide bonds. The highest BCUT2D eigenvalue weighted by Crippen LogP contribution is 2.41. The largest absolute Gasteiger partial charge is 0.434 e. The minimum absolute atomic E-state index is 0.00425. The Bertz CT molecular complexity index is 1480. The van der Waals surface area contributed by atoms with Crippen LogP contribution in [0.3, 0.4) is 0 Å². The number of H-pyrrole nitrogens is 1. The maximum Gasteiger partial charge on any atom is 0.434 e. The SMILES string of the molecule is COC(c1nc2nc(-c3n[nH]c(=O)o3)nc(-c3cncc(Cl)c3)c2n1C[C@H]1CC[C@H](C)CC1)C1CCCC1. The van der Waals surface area contributed by atoms with E-state index in [1.54, 1.807) is 19.5 Å². The molecule has 2 fully saturated rings. The molecule has 0 bridgehead atoms. The summed E-state index contributed by atoms with van der Waals surface area (Å²) in [6.07, 6.45) is 12.6. The summed E-state index contributed by atoms with van der Waals surface area (Å²) in [6, 6.07) is 1.82. The summed E-state index contributed by atoms with van der Waals surface area (Å²) < 4.78 is 13.6. The molecular weight excluding hydrogens is 506 g/mol. The molecule has 2 aliphatic carbocycles. The Labute approximate surface area is 225 Å². The van der Waals surface area contributed by atoms with Crippen LogP contribution in [-0.4, -0.2) is 41.8 Å². The molecule has 1 atom stereocenters. The van der Waals surface area contributed by atoms with Crippen molar-refractivity contribution in [1.29, 1.82) is 0 Å². The van der Waals surface area contributed by atoms with Crippen LogP contribution in [0, 0.1) is 17.8 Å². The number of pyridine rings is 1. The van der Waals surface area contributed by atoms with Gasteiger partial charge in [-0.15, -0.1) is 5.10 Å². The fourth-order valence-corrected chi connectivity index (χ4v) is 6.33. The third-order valence-electron chi connectivity index (χ3n) is 8.15. The first-order valence-corrected chi connectivity index (χ1v) is 13.9. The Kier molecular flexibility index (Phi) is 7.01. The number of nitrogens with one attached hydrogen (secondary N) is 1. The molecule has 4 aromatic rings. The van der Waals surface area contributed by atoms with Gasteiger partial charge in [0.1, 0.15) is 23.1 Å². The van der Waals surface area contributed by atoms with Crippen LogP contribution in [0.5, 0.6) is 0 Å². The van der Waals surface area contributed by atoms with Crippen LogP contribution >= 0.6 is 11.6 Å². The summed E-state index contributed by atoms with van der Waals surface area (Å²) in [4.78, 5) is 30.7. The fourth-order valence-electron chi connectivity index (χ4n) is 6.16. The number of aromatic nitrogens is 7. The number of aromatic amines is 1. The topological polar surface area (TPSA) is 125 Å². The molecule has 0 saturated heterocycles. The molecule has 1 N–H and O–H groups in total. The van der Waals surface area contributed by atoms with E-state index < -0.39 is 5.76 Å². The molecule has 0 spiro atoms. The van der Waals surface area contributed by atoms with E-state index in [2.05, 4.69) is 26.7 Å². The summed E-state index contributed by atoms with van der Waals surface area (Å²) in [5.41, 5.74) is 2.66. The zero-order valence-electron chi connectivity index (χ0n) is 21.7. The summed E-state index contributed by atoms with van der Waals surface area (Å²) in [5, 5.41) is 6.75. The predicted octanol–water partition coefficient (Wildman–Crippen LogP) is 5.59. The minimum atomic E-state index is -0.673. The molecule has 1 unspecified atom stereocenters. The average Bonchev–Trinajstić information content (AvgIpc) is 3.67. The lowest BCUT2D eigenvalue weighted by molar-refractivity contribution is 0.0432. The smallest absolute Gasteiger partial charge is 0.384 e. The third-order valence-corrected chi connectivity index (χ3v) is 8.36. The van der Waals surface area contributed by atoms with E-state index in [0.29, 0.717) is 28.2 Å². The molecule has 6 rings (SSSR count). The van der Waals surface area contributed by atoms with Crippen molar-refractivity contribution >= 4 is 22.8 Å². The van der Waals surface area contributed by atoms with Crippen molar-refractivity contribution in [3.05, 3.63) is 39.9 Å². The Morgan fingerprint density at radius 1 is 1.13 bits per heavy atom. The number of rotatable bonds is 7. The molecule has 11 heteroatoms. The first-order valence-electron chi connectivity index (χ1n) is 13.5. The van der Waals surface area contributed by atoms with Crippen molar-refractivity contribution in [2.75, 3.05) is 7.11 Å². The van der Waals surface area contributed by atoms with Gasteiger partial charge in [-0.05, 0) is 49.5 Å².